The van der Waals surface area contributed by atoms with Crippen molar-refractivity contribution in [2.75, 3.05) is 85.1 Å². The third-order valence-corrected chi connectivity index (χ3v) is 16.4. The van der Waals surface area contributed by atoms with Gasteiger partial charge in [-0.1, -0.05) is 285 Å². The standard InChI is InChI=1S/C64H133N5O2/c1-6-11-16-21-26-29-32-37-42-47-52-66(53-48-43-38-33-30-27-22-17-12-7-2)61-63(70)68-57-59-69(60-58-68)64(71)62-67(54-49-44-39-34-31-28-23-18-13-8-3)56-55-65(50-45-40-35-24-19-14-9-4)51-46-41-36-25-20-15-10-5/h63-64,70-71H,6-62H2,1-5H3. The van der Waals surface area contributed by atoms with Gasteiger partial charge in [0.2, 0.25) is 0 Å². The lowest BCUT2D eigenvalue weighted by atomic mass is 10.1. The highest BCUT2D eigenvalue weighted by atomic mass is 16.3. The number of hydrogen-bond donors (Lipinski definition) is 2. The summed E-state index contributed by atoms with van der Waals surface area (Å²) in [6.07, 6.45) is 59.4. The van der Waals surface area contributed by atoms with Crippen LogP contribution in [0.25, 0.3) is 0 Å². The van der Waals surface area contributed by atoms with Crippen LogP contribution in [0.1, 0.15) is 317 Å². The maximum atomic E-state index is 11.9. The van der Waals surface area contributed by atoms with Crippen molar-refractivity contribution in [2.24, 2.45) is 0 Å². The highest BCUT2D eigenvalue weighted by Crippen LogP contribution is 2.18. The second-order valence-electron chi connectivity index (χ2n) is 23.3. The van der Waals surface area contributed by atoms with Crippen molar-refractivity contribution in [2.45, 2.75) is 330 Å². The highest BCUT2D eigenvalue weighted by Gasteiger charge is 2.28. The van der Waals surface area contributed by atoms with Crippen LogP contribution < -0.4 is 0 Å². The number of aliphatic hydroxyl groups excluding tert-OH is 2. The summed E-state index contributed by atoms with van der Waals surface area (Å²) in [5, 5.41) is 23.6. The number of piperazine rings is 1. The van der Waals surface area contributed by atoms with Crippen LogP contribution in [0.3, 0.4) is 0 Å². The number of hydrogen-bond acceptors (Lipinski definition) is 7. The first-order chi connectivity index (χ1) is 35.0. The Hall–Kier alpha value is -0.280. The van der Waals surface area contributed by atoms with E-state index >= 15 is 0 Å². The van der Waals surface area contributed by atoms with Gasteiger partial charge in [0.1, 0.15) is 12.5 Å². The Kier molecular flexibility index (Phi) is 52.8. The van der Waals surface area contributed by atoms with Gasteiger partial charge in [0.25, 0.3) is 0 Å². The summed E-state index contributed by atoms with van der Waals surface area (Å²) >= 11 is 0. The van der Waals surface area contributed by atoms with E-state index in [1.54, 1.807) is 0 Å². The van der Waals surface area contributed by atoms with Crippen molar-refractivity contribution in [3.05, 3.63) is 0 Å². The van der Waals surface area contributed by atoms with Crippen LogP contribution in [-0.2, 0) is 0 Å². The molecule has 1 aliphatic rings. The zero-order valence-corrected chi connectivity index (χ0v) is 49.6. The number of unbranched alkanes of at least 4 members (excludes halogenated alkanes) is 39. The third kappa shape index (κ3) is 44.5. The molecule has 2 atom stereocenters. The molecule has 0 aromatic rings. The van der Waals surface area contributed by atoms with Gasteiger partial charge in [0, 0.05) is 52.4 Å². The summed E-state index contributed by atoms with van der Waals surface area (Å²) in [4.78, 5) is 12.7. The first kappa shape index (κ1) is 68.7. The van der Waals surface area contributed by atoms with Crippen molar-refractivity contribution in [3.8, 4) is 0 Å². The van der Waals surface area contributed by atoms with Crippen molar-refractivity contribution >= 4 is 0 Å². The maximum absolute atomic E-state index is 11.9. The maximum Gasteiger partial charge on any atom is 0.120 e. The van der Waals surface area contributed by atoms with Crippen LogP contribution in [0.4, 0.5) is 0 Å². The fraction of sp³-hybridized carbons (Fsp3) is 1.00. The van der Waals surface area contributed by atoms with Gasteiger partial charge in [-0.3, -0.25) is 19.6 Å². The molecule has 0 saturated carbocycles. The van der Waals surface area contributed by atoms with Crippen molar-refractivity contribution in [1.82, 2.24) is 24.5 Å². The zero-order valence-electron chi connectivity index (χ0n) is 49.6. The quantitative estimate of drug-likeness (QED) is 0.0589. The third-order valence-electron chi connectivity index (χ3n) is 16.4. The monoisotopic (exact) mass is 1000 g/mol. The number of nitrogens with zero attached hydrogens (tertiary/aromatic N) is 5. The van der Waals surface area contributed by atoms with Crippen molar-refractivity contribution < 1.29 is 10.2 Å². The minimum absolute atomic E-state index is 0.424. The zero-order chi connectivity index (χ0) is 51.3. The molecular weight excluding hydrogens is 871 g/mol. The van der Waals surface area contributed by atoms with Crippen LogP contribution in [0, 0.1) is 0 Å². The van der Waals surface area contributed by atoms with Gasteiger partial charge in [0.05, 0.1) is 0 Å². The van der Waals surface area contributed by atoms with E-state index in [2.05, 4.69) is 59.1 Å². The summed E-state index contributed by atoms with van der Waals surface area (Å²) in [7, 11) is 0. The van der Waals surface area contributed by atoms with Crippen molar-refractivity contribution in [3.63, 3.8) is 0 Å². The lowest BCUT2D eigenvalue weighted by Crippen LogP contribution is -2.57. The minimum atomic E-state index is -0.443. The fourth-order valence-corrected chi connectivity index (χ4v) is 11.3. The summed E-state index contributed by atoms with van der Waals surface area (Å²) in [5.74, 6) is 0. The Morgan fingerprint density at radius 3 is 0.634 bits per heavy atom. The lowest BCUT2D eigenvalue weighted by molar-refractivity contribution is -0.0849. The van der Waals surface area contributed by atoms with E-state index in [1.807, 2.05) is 0 Å². The Labute approximate surface area is 447 Å². The van der Waals surface area contributed by atoms with Gasteiger partial charge in [-0.15, -0.1) is 0 Å². The Bertz CT molecular complexity index is 970. The summed E-state index contributed by atoms with van der Waals surface area (Å²) < 4.78 is 0. The van der Waals surface area contributed by atoms with Crippen molar-refractivity contribution in [1.29, 1.82) is 0 Å². The lowest BCUT2D eigenvalue weighted by Gasteiger charge is -2.41. The molecule has 1 fully saturated rings. The molecule has 2 unspecified atom stereocenters. The molecule has 1 heterocycles. The topological polar surface area (TPSA) is 56.7 Å². The molecular formula is C64H133N5O2. The molecule has 1 rings (SSSR count). The first-order valence-electron chi connectivity index (χ1n) is 33.0. The average Bonchev–Trinajstić information content (AvgIpc) is 3.38. The van der Waals surface area contributed by atoms with Crippen LogP contribution in [0.5, 0.6) is 0 Å². The van der Waals surface area contributed by atoms with E-state index in [4.69, 9.17) is 0 Å². The number of rotatable bonds is 58. The predicted molar refractivity (Wildman–Crippen MR) is 316 cm³/mol. The Morgan fingerprint density at radius 1 is 0.239 bits per heavy atom. The molecule has 0 aromatic heterocycles. The molecule has 1 saturated heterocycles. The molecule has 7 heteroatoms. The minimum Gasteiger partial charge on any atom is -0.377 e. The second-order valence-corrected chi connectivity index (χ2v) is 23.3. The summed E-state index contributed by atoms with van der Waals surface area (Å²) in [6, 6.07) is 0. The van der Waals surface area contributed by atoms with Crippen LogP contribution in [0.2, 0.25) is 0 Å². The molecule has 426 valence electrons. The largest absolute Gasteiger partial charge is 0.377 e. The molecule has 0 bridgehead atoms. The predicted octanol–water partition coefficient (Wildman–Crippen LogP) is 17.4. The van der Waals surface area contributed by atoms with Gasteiger partial charge >= 0.3 is 0 Å². The smallest absolute Gasteiger partial charge is 0.120 e. The van der Waals surface area contributed by atoms with Crippen LogP contribution >= 0.6 is 0 Å². The SMILES string of the molecule is CCCCCCCCCCCCN(CCCCCCCCCCCC)CC(O)N1CCN(C(O)CN(CCCCCCCCCCCC)CCN(CCCCCCCCC)CCCCCCCCC)CC1. The van der Waals surface area contributed by atoms with Gasteiger partial charge in [-0.2, -0.15) is 0 Å². The second kappa shape index (κ2) is 54.5. The summed E-state index contributed by atoms with van der Waals surface area (Å²) in [5.41, 5.74) is 0. The Morgan fingerprint density at radius 2 is 0.408 bits per heavy atom. The number of aliphatic hydroxyl groups is 2. The van der Waals surface area contributed by atoms with E-state index in [0.29, 0.717) is 0 Å². The molecule has 0 aliphatic carbocycles. The van der Waals surface area contributed by atoms with Gasteiger partial charge in [-0.05, 0) is 64.8 Å². The van der Waals surface area contributed by atoms with E-state index in [-0.39, 0.29) is 0 Å². The van der Waals surface area contributed by atoms with Gasteiger partial charge in [0.15, 0.2) is 0 Å². The molecule has 1 aliphatic heterocycles. The van der Waals surface area contributed by atoms with Gasteiger partial charge < -0.3 is 15.1 Å². The molecule has 0 amide bonds. The molecule has 71 heavy (non-hydrogen) atoms. The molecule has 7 nitrogen and oxygen atoms in total. The molecule has 2 N–H and O–H groups in total. The Balaban J connectivity index is 2.79. The van der Waals surface area contributed by atoms with E-state index in [1.165, 1.54) is 296 Å². The van der Waals surface area contributed by atoms with Crippen LogP contribution in [-0.4, -0.2) is 132 Å². The van der Waals surface area contributed by atoms with Gasteiger partial charge in [-0.25, -0.2) is 0 Å². The normalized spacial score (nSPS) is 14.8. The average molecular weight is 1000 g/mol. The van der Waals surface area contributed by atoms with E-state index in [0.717, 1.165) is 72.0 Å². The summed E-state index contributed by atoms with van der Waals surface area (Å²) in [6.45, 7) is 24.4. The van der Waals surface area contributed by atoms with E-state index in [9.17, 15) is 10.2 Å². The molecule has 0 spiro atoms. The van der Waals surface area contributed by atoms with Crippen LogP contribution in [0.15, 0.2) is 0 Å². The van der Waals surface area contributed by atoms with E-state index < -0.39 is 12.5 Å². The first-order valence-corrected chi connectivity index (χ1v) is 33.0. The molecule has 0 radical (unpaired) electrons. The highest BCUT2D eigenvalue weighted by molar-refractivity contribution is 4.79. The fourth-order valence-electron chi connectivity index (χ4n) is 11.3. The molecule has 0 aromatic carbocycles.